The quantitative estimate of drug-likeness (QED) is 0.412. The third-order valence-electron chi connectivity index (χ3n) is 5.42. The Labute approximate surface area is 203 Å². The second-order valence-corrected chi connectivity index (χ2v) is 9.41. The number of benzene rings is 2. The molecule has 34 heavy (non-hydrogen) atoms. The highest BCUT2D eigenvalue weighted by atomic mass is 32.2. The summed E-state index contributed by atoms with van der Waals surface area (Å²) in [5.41, 5.74) is 1.39. The van der Waals surface area contributed by atoms with Crippen molar-refractivity contribution >= 4 is 17.7 Å². The summed E-state index contributed by atoms with van der Waals surface area (Å²) in [5.74, 6) is 2.09. The third-order valence-corrected chi connectivity index (χ3v) is 6.37. The number of carbonyl (C=O) groups excluding carboxylic acids is 1. The lowest BCUT2D eigenvalue weighted by Crippen LogP contribution is -2.32. The van der Waals surface area contributed by atoms with Crippen LogP contribution in [0.4, 0.5) is 4.39 Å². The first kappa shape index (κ1) is 24.1. The van der Waals surface area contributed by atoms with Crippen molar-refractivity contribution in [2.24, 2.45) is 5.92 Å². The molecule has 3 aromatic rings. The van der Waals surface area contributed by atoms with E-state index in [9.17, 15) is 9.18 Å². The van der Waals surface area contributed by atoms with Crippen LogP contribution in [-0.2, 0) is 17.9 Å². The van der Waals surface area contributed by atoms with Gasteiger partial charge in [-0.2, -0.15) is 0 Å². The van der Waals surface area contributed by atoms with E-state index in [0.29, 0.717) is 61.1 Å². The van der Waals surface area contributed by atoms with E-state index in [1.165, 1.54) is 17.8 Å². The number of amides is 1. The number of thioether (sulfide) groups is 1. The van der Waals surface area contributed by atoms with Crippen LogP contribution < -0.4 is 9.47 Å². The normalized spacial score (nSPS) is 12.7. The van der Waals surface area contributed by atoms with Crippen LogP contribution >= 0.6 is 11.8 Å². The molecule has 0 saturated carbocycles. The SMILES string of the molecule is CCN(Cc1ccc2c(c1)OCCO2)C(=O)CSc1nnc(-c2ccccc2F)n1CC(C)C. The highest BCUT2D eigenvalue weighted by Crippen LogP contribution is 2.31. The summed E-state index contributed by atoms with van der Waals surface area (Å²) in [6, 6.07) is 12.3. The second kappa shape index (κ2) is 10.9. The fourth-order valence-electron chi connectivity index (χ4n) is 3.77. The number of ether oxygens (including phenoxy) is 2. The third kappa shape index (κ3) is 5.52. The van der Waals surface area contributed by atoms with E-state index < -0.39 is 0 Å². The maximum absolute atomic E-state index is 14.4. The number of aromatic nitrogens is 3. The van der Waals surface area contributed by atoms with Gasteiger partial charge in [0.05, 0.1) is 11.3 Å². The van der Waals surface area contributed by atoms with E-state index in [4.69, 9.17) is 9.47 Å². The molecule has 4 rings (SSSR count). The molecule has 2 heterocycles. The largest absolute Gasteiger partial charge is 0.486 e. The van der Waals surface area contributed by atoms with Crippen LogP contribution in [0.15, 0.2) is 47.6 Å². The smallest absolute Gasteiger partial charge is 0.233 e. The van der Waals surface area contributed by atoms with Gasteiger partial charge in [0.25, 0.3) is 0 Å². The van der Waals surface area contributed by atoms with E-state index >= 15 is 0 Å². The lowest BCUT2D eigenvalue weighted by Gasteiger charge is -2.23. The summed E-state index contributed by atoms with van der Waals surface area (Å²) in [6.07, 6.45) is 0. The van der Waals surface area contributed by atoms with Crippen LogP contribution in [-0.4, -0.2) is 51.1 Å². The Bertz CT molecular complexity index is 1150. The molecule has 0 radical (unpaired) electrons. The molecule has 1 aliphatic heterocycles. The van der Waals surface area contributed by atoms with Crippen molar-refractivity contribution in [3.8, 4) is 22.9 Å². The molecule has 0 atom stereocenters. The molecular formula is C25H29FN4O3S. The monoisotopic (exact) mass is 484 g/mol. The van der Waals surface area contributed by atoms with Gasteiger partial charge in [-0.1, -0.05) is 43.8 Å². The molecule has 1 amide bonds. The molecule has 0 spiro atoms. The van der Waals surface area contributed by atoms with Crippen LogP contribution in [0.25, 0.3) is 11.4 Å². The van der Waals surface area contributed by atoms with E-state index in [-0.39, 0.29) is 17.5 Å². The number of halogens is 1. The second-order valence-electron chi connectivity index (χ2n) is 8.47. The van der Waals surface area contributed by atoms with Crippen molar-refractivity contribution < 1.29 is 18.7 Å². The summed E-state index contributed by atoms with van der Waals surface area (Å²) in [4.78, 5) is 14.8. The Morgan fingerprint density at radius 1 is 1.15 bits per heavy atom. The first-order chi connectivity index (χ1) is 16.5. The molecule has 0 saturated heterocycles. The number of fused-ring (bicyclic) bond motifs is 1. The van der Waals surface area contributed by atoms with E-state index in [1.807, 2.05) is 29.7 Å². The summed E-state index contributed by atoms with van der Waals surface area (Å²) < 4.78 is 27.6. The zero-order chi connectivity index (χ0) is 24.1. The summed E-state index contributed by atoms with van der Waals surface area (Å²) in [6.45, 7) is 8.87. The van der Waals surface area contributed by atoms with Crippen LogP contribution in [0.2, 0.25) is 0 Å². The molecule has 1 aromatic heterocycles. The number of hydrogen-bond acceptors (Lipinski definition) is 6. The average molecular weight is 485 g/mol. The fraction of sp³-hybridized carbons (Fsp3) is 0.400. The maximum Gasteiger partial charge on any atom is 0.233 e. The van der Waals surface area contributed by atoms with Gasteiger partial charge in [0.2, 0.25) is 5.91 Å². The minimum absolute atomic E-state index is 0.00562. The van der Waals surface area contributed by atoms with Crippen molar-refractivity contribution in [2.75, 3.05) is 25.5 Å². The van der Waals surface area contributed by atoms with Crippen molar-refractivity contribution in [3.05, 3.63) is 53.8 Å². The molecule has 0 bridgehead atoms. The van der Waals surface area contributed by atoms with E-state index in [2.05, 4.69) is 24.0 Å². The van der Waals surface area contributed by atoms with Crippen LogP contribution in [0.5, 0.6) is 11.5 Å². The topological polar surface area (TPSA) is 69.5 Å². The Morgan fingerprint density at radius 3 is 2.65 bits per heavy atom. The van der Waals surface area contributed by atoms with Crippen molar-refractivity contribution in [1.29, 1.82) is 0 Å². The van der Waals surface area contributed by atoms with Gasteiger partial charge in [-0.3, -0.25) is 4.79 Å². The van der Waals surface area contributed by atoms with Gasteiger partial charge in [-0.05, 0) is 42.7 Å². The Balaban J connectivity index is 1.46. The lowest BCUT2D eigenvalue weighted by atomic mass is 10.2. The molecular weight excluding hydrogens is 455 g/mol. The number of hydrogen-bond donors (Lipinski definition) is 0. The summed E-state index contributed by atoms with van der Waals surface area (Å²) in [7, 11) is 0. The number of nitrogens with zero attached hydrogens (tertiary/aromatic N) is 4. The molecule has 0 N–H and O–H groups in total. The molecule has 2 aromatic carbocycles. The van der Waals surface area contributed by atoms with Gasteiger partial charge in [0, 0.05) is 19.6 Å². The Hall–Kier alpha value is -3.07. The first-order valence-electron chi connectivity index (χ1n) is 11.4. The van der Waals surface area contributed by atoms with Crippen molar-refractivity contribution in [3.63, 3.8) is 0 Å². The highest BCUT2D eigenvalue weighted by Gasteiger charge is 2.21. The Morgan fingerprint density at radius 2 is 1.91 bits per heavy atom. The number of rotatable bonds is 9. The highest BCUT2D eigenvalue weighted by molar-refractivity contribution is 7.99. The van der Waals surface area contributed by atoms with Gasteiger partial charge < -0.3 is 18.9 Å². The maximum atomic E-state index is 14.4. The molecule has 0 aliphatic carbocycles. The summed E-state index contributed by atoms with van der Waals surface area (Å²) in [5, 5.41) is 9.14. The van der Waals surface area contributed by atoms with Crippen LogP contribution in [0, 0.1) is 11.7 Å². The van der Waals surface area contributed by atoms with Gasteiger partial charge in [0.1, 0.15) is 19.0 Å². The van der Waals surface area contributed by atoms with Gasteiger partial charge in [-0.25, -0.2) is 4.39 Å². The zero-order valence-electron chi connectivity index (χ0n) is 19.7. The van der Waals surface area contributed by atoms with Gasteiger partial charge in [-0.15, -0.1) is 10.2 Å². The molecule has 7 nitrogen and oxygen atoms in total. The van der Waals surface area contributed by atoms with Crippen molar-refractivity contribution in [1.82, 2.24) is 19.7 Å². The standard InChI is InChI=1S/C25H29FN4O3S/c1-4-29(15-18-9-10-21-22(13-18)33-12-11-32-21)23(31)16-34-25-28-27-24(30(25)14-17(2)3)19-7-5-6-8-20(19)26/h5-10,13,17H,4,11-12,14-16H2,1-3H3. The van der Waals surface area contributed by atoms with Gasteiger partial charge >= 0.3 is 0 Å². The van der Waals surface area contributed by atoms with E-state index in [0.717, 1.165) is 11.3 Å². The van der Waals surface area contributed by atoms with Gasteiger partial charge in [0.15, 0.2) is 22.5 Å². The van der Waals surface area contributed by atoms with Crippen LogP contribution in [0.1, 0.15) is 26.3 Å². The molecule has 0 unspecified atom stereocenters. The first-order valence-corrected chi connectivity index (χ1v) is 12.4. The molecule has 180 valence electrons. The fourth-order valence-corrected chi connectivity index (χ4v) is 4.62. The minimum atomic E-state index is -0.343. The molecule has 9 heteroatoms. The Kier molecular flexibility index (Phi) is 7.72. The minimum Gasteiger partial charge on any atom is -0.486 e. The zero-order valence-corrected chi connectivity index (χ0v) is 20.5. The molecule has 0 fully saturated rings. The predicted octanol–water partition coefficient (Wildman–Crippen LogP) is 4.65. The van der Waals surface area contributed by atoms with E-state index in [1.54, 1.807) is 23.1 Å². The van der Waals surface area contributed by atoms with Crippen LogP contribution in [0.3, 0.4) is 0 Å². The molecule has 1 aliphatic rings. The average Bonchev–Trinajstić information content (AvgIpc) is 3.22. The predicted molar refractivity (Wildman–Crippen MR) is 130 cm³/mol. The summed E-state index contributed by atoms with van der Waals surface area (Å²) >= 11 is 1.33. The number of carbonyl (C=O) groups is 1. The van der Waals surface area contributed by atoms with Crippen molar-refractivity contribution in [2.45, 2.75) is 39.0 Å². The lowest BCUT2D eigenvalue weighted by molar-refractivity contribution is -0.128.